The van der Waals surface area contributed by atoms with Gasteiger partial charge in [0.25, 0.3) is 0 Å². The molecule has 0 radical (unpaired) electrons. The summed E-state index contributed by atoms with van der Waals surface area (Å²) in [5, 5.41) is 12.4. The smallest absolute Gasteiger partial charge is 0.150 e. The summed E-state index contributed by atoms with van der Waals surface area (Å²) in [6, 6.07) is 4.06. The Bertz CT molecular complexity index is 471. The van der Waals surface area contributed by atoms with Crippen molar-refractivity contribution < 1.29 is 5.11 Å². The van der Waals surface area contributed by atoms with Crippen molar-refractivity contribution in [2.45, 2.75) is 32.9 Å². The van der Waals surface area contributed by atoms with Gasteiger partial charge in [0.2, 0.25) is 0 Å². The molecule has 0 aromatic carbocycles. The van der Waals surface area contributed by atoms with Crippen LogP contribution in [0.2, 0.25) is 0 Å². The van der Waals surface area contributed by atoms with Crippen LogP contribution in [0.15, 0.2) is 29.9 Å². The number of hydrogen-bond donors (Lipinski definition) is 1. The van der Waals surface area contributed by atoms with Gasteiger partial charge < -0.3 is 9.67 Å². The minimum atomic E-state index is -0.716. The highest BCUT2D eigenvalue weighted by Crippen LogP contribution is 2.26. The summed E-state index contributed by atoms with van der Waals surface area (Å²) in [4.78, 5) is 5.50. The van der Waals surface area contributed by atoms with E-state index in [4.69, 9.17) is 0 Å². The van der Waals surface area contributed by atoms with Crippen LogP contribution >= 0.6 is 11.3 Å². The third kappa shape index (κ3) is 2.58. The summed E-state index contributed by atoms with van der Waals surface area (Å²) in [5.74, 6) is 1.14. The maximum atomic E-state index is 10.3. The number of hydrogen-bond acceptors (Lipinski definition) is 3. The first-order valence-electron chi connectivity index (χ1n) is 5.78. The van der Waals surface area contributed by atoms with E-state index in [1.807, 2.05) is 49.0 Å². The summed E-state index contributed by atoms with van der Waals surface area (Å²) in [6.45, 7) is 6.50. The number of nitrogens with zero attached hydrogens (tertiary/aromatic N) is 2. The standard InChI is InChI=1S/C13H18N2OS/c1-10(2)13(3,16)9-15-7-6-14-12(15)11-5-4-8-17-11/h4-8,10,16H,9H2,1-3H3. The molecule has 0 bridgehead atoms. The topological polar surface area (TPSA) is 38.0 Å². The average molecular weight is 250 g/mol. The molecule has 0 fully saturated rings. The zero-order chi connectivity index (χ0) is 12.5. The van der Waals surface area contributed by atoms with E-state index in [1.165, 1.54) is 0 Å². The van der Waals surface area contributed by atoms with Gasteiger partial charge in [0.05, 0.1) is 17.0 Å². The number of imidazole rings is 1. The Morgan fingerprint density at radius 1 is 1.53 bits per heavy atom. The fourth-order valence-corrected chi connectivity index (χ4v) is 2.33. The lowest BCUT2D eigenvalue weighted by molar-refractivity contribution is -0.00232. The second-order valence-corrected chi connectivity index (χ2v) is 5.82. The maximum absolute atomic E-state index is 10.3. The highest BCUT2D eigenvalue weighted by molar-refractivity contribution is 7.13. The Hall–Kier alpha value is -1.13. The summed E-state index contributed by atoms with van der Waals surface area (Å²) in [6.07, 6.45) is 3.71. The van der Waals surface area contributed by atoms with Gasteiger partial charge in [-0.2, -0.15) is 0 Å². The highest BCUT2D eigenvalue weighted by atomic mass is 32.1. The summed E-state index contributed by atoms with van der Waals surface area (Å²) in [7, 11) is 0. The van der Waals surface area contributed by atoms with Crippen LogP contribution in [0.1, 0.15) is 20.8 Å². The van der Waals surface area contributed by atoms with Crippen molar-refractivity contribution in [3.63, 3.8) is 0 Å². The number of aliphatic hydroxyl groups is 1. The lowest BCUT2D eigenvalue weighted by atomic mass is 9.92. The van der Waals surface area contributed by atoms with E-state index in [2.05, 4.69) is 4.98 Å². The summed E-state index contributed by atoms with van der Waals surface area (Å²) in [5.41, 5.74) is -0.716. The van der Waals surface area contributed by atoms with Crippen molar-refractivity contribution in [1.82, 2.24) is 9.55 Å². The fraction of sp³-hybridized carbons (Fsp3) is 0.462. The molecule has 0 spiro atoms. The van der Waals surface area contributed by atoms with Gasteiger partial charge >= 0.3 is 0 Å². The first kappa shape index (κ1) is 12.3. The maximum Gasteiger partial charge on any atom is 0.150 e. The second kappa shape index (κ2) is 4.63. The molecule has 0 amide bonds. The predicted molar refractivity (Wildman–Crippen MR) is 71.0 cm³/mol. The molecule has 2 heterocycles. The quantitative estimate of drug-likeness (QED) is 0.905. The van der Waals surface area contributed by atoms with Gasteiger partial charge in [-0.1, -0.05) is 19.9 Å². The normalized spacial score (nSPS) is 15.1. The molecule has 2 aromatic heterocycles. The van der Waals surface area contributed by atoms with E-state index in [-0.39, 0.29) is 5.92 Å². The number of thiophene rings is 1. The molecule has 0 saturated heterocycles. The molecule has 0 aliphatic rings. The Morgan fingerprint density at radius 3 is 2.88 bits per heavy atom. The van der Waals surface area contributed by atoms with Crippen LogP contribution in [0.5, 0.6) is 0 Å². The molecule has 3 nitrogen and oxygen atoms in total. The van der Waals surface area contributed by atoms with E-state index in [0.29, 0.717) is 6.54 Å². The molecule has 2 rings (SSSR count). The van der Waals surface area contributed by atoms with Crippen molar-refractivity contribution >= 4 is 11.3 Å². The highest BCUT2D eigenvalue weighted by Gasteiger charge is 2.26. The Kier molecular flexibility index (Phi) is 3.35. The molecule has 4 heteroatoms. The van der Waals surface area contributed by atoms with Gasteiger partial charge in [0, 0.05) is 12.4 Å². The van der Waals surface area contributed by atoms with Crippen molar-refractivity contribution in [1.29, 1.82) is 0 Å². The Balaban J connectivity index is 2.27. The van der Waals surface area contributed by atoms with Gasteiger partial charge in [-0.15, -0.1) is 11.3 Å². The predicted octanol–water partition coefficient (Wildman–Crippen LogP) is 3.02. The largest absolute Gasteiger partial charge is 0.388 e. The van der Waals surface area contributed by atoms with Gasteiger partial charge in [-0.3, -0.25) is 0 Å². The van der Waals surface area contributed by atoms with Crippen LogP contribution in [0, 0.1) is 5.92 Å². The van der Waals surface area contributed by atoms with E-state index >= 15 is 0 Å². The van der Waals surface area contributed by atoms with E-state index in [1.54, 1.807) is 17.5 Å². The van der Waals surface area contributed by atoms with Crippen LogP contribution in [0.25, 0.3) is 10.7 Å². The number of rotatable bonds is 4. The molecule has 2 aromatic rings. The Morgan fingerprint density at radius 2 is 2.29 bits per heavy atom. The molecule has 0 saturated carbocycles. The molecule has 1 N–H and O–H groups in total. The van der Waals surface area contributed by atoms with Crippen LogP contribution in [-0.4, -0.2) is 20.3 Å². The molecule has 17 heavy (non-hydrogen) atoms. The molecule has 0 aliphatic carbocycles. The van der Waals surface area contributed by atoms with Gasteiger partial charge in [0.1, 0.15) is 5.82 Å². The minimum absolute atomic E-state index is 0.209. The average Bonchev–Trinajstić information content (AvgIpc) is 2.85. The van der Waals surface area contributed by atoms with Crippen molar-refractivity contribution in [3.05, 3.63) is 29.9 Å². The lowest BCUT2D eigenvalue weighted by Crippen LogP contribution is -2.36. The molecule has 1 atom stereocenters. The van der Waals surface area contributed by atoms with Crippen molar-refractivity contribution in [2.24, 2.45) is 5.92 Å². The zero-order valence-electron chi connectivity index (χ0n) is 10.4. The lowest BCUT2D eigenvalue weighted by Gasteiger charge is -2.28. The molecular formula is C13H18N2OS. The SMILES string of the molecule is CC(C)C(C)(O)Cn1ccnc1-c1cccs1. The summed E-state index contributed by atoms with van der Waals surface area (Å²) < 4.78 is 2.02. The van der Waals surface area contributed by atoms with Crippen LogP contribution in [0.3, 0.4) is 0 Å². The van der Waals surface area contributed by atoms with E-state index in [9.17, 15) is 5.11 Å². The van der Waals surface area contributed by atoms with Crippen molar-refractivity contribution in [2.75, 3.05) is 0 Å². The van der Waals surface area contributed by atoms with Crippen LogP contribution < -0.4 is 0 Å². The fourth-order valence-electron chi connectivity index (χ4n) is 1.60. The van der Waals surface area contributed by atoms with E-state index < -0.39 is 5.60 Å². The first-order chi connectivity index (χ1) is 8.00. The van der Waals surface area contributed by atoms with E-state index in [0.717, 1.165) is 10.7 Å². The van der Waals surface area contributed by atoms with Gasteiger partial charge in [-0.05, 0) is 24.3 Å². The summed E-state index contributed by atoms with van der Waals surface area (Å²) >= 11 is 1.66. The zero-order valence-corrected chi connectivity index (χ0v) is 11.2. The molecular weight excluding hydrogens is 232 g/mol. The molecule has 1 unspecified atom stereocenters. The van der Waals surface area contributed by atoms with Crippen molar-refractivity contribution in [3.8, 4) is 10.7 Å². The Labute approximate surface area is 106 Å². The van der Waals surface area contributed by atoms with Gasteiger partial charge in [-0.25, -0.2) is 4.98 Å². The first-order valence-corrected chi connectivity index (χ1v) is 6.66. The number of aromatic nitrogens is 2. The third-order valence-corrected chi connectivity index (χ3v) is 4.06. The third-order valence-electron chi connectivity index (χ3n) is 3.19. The van der Waals surface area contributed by atoms with Gasteiger partial charge in [0.15, 0.2) is 0 Å². The van der Waals surface area contributed by atoms with Crippen LogP contribution in [-0.2, 0) is 6.54 Å². The molecule has 0 aliphatic heterocycles. The van der Waals surface area contributed by atoms with Crippen LogP contribution in [0.4, 0.5) is 0 Å². The minimum Gasteiger partial charge on any atom is -0.388 e. The molecule has 92 valence electrons. The monoisotopic (exact) mass is 250 g/mol. The second-order valence-electron chi connectivity index (χ2n) is 4.87.